The molecule has 1 atom stereocenters. The molecule has 0 saturated carbocycles. The van der Waals surface area contributed by atoms with Crippen molar-refractivity contribution in [3.05, 3.63) is 29.8 Å². The van der Waals surface area contributed by atoms with E-state index in [1.807, 2.05) is 12.1 Å². The Morgan fingerprint density at radius 2 is 2.06 bits per heavy atom. The van der Waals surface area contributed by atoms with Crippen molar-refractivity contribution in [3.63, 3.8) is 0 Å². The number of anilines is 1. The minimum absolute atomic E-state index is 0.143. The lowest BCUT2D eigenvalue weighted by atomic mass is 9.98. The Bertz CT molecular complexity index is 351. The molecule has 1 aliphatic rings. The van der Waals surface area contributed by atoms with Gasteiger partial charge in [-0.25, -0.2) is 0 Å². The molecule has 17 heavy (non-hydrogen) atoms. The van der Waals surface area contributed by atoms with Crippen molar-refractivity contribution in [2.75, 3.05) is 18.0 Å². The van der Waals surface area contributed by atoms with Crippen LogP contribution >= 0.6 is 0 Å². The number of rotatable bonds is 3. The minimum Gasteiger partial charge on any atom is -0.392 e. The number of para-hydroxylation sites is 1. The van der Waals surface area contributed by atoms with Crippen LogP contribution in [0.5, 0.6) is 0 Å². The zero-order valence-electron chi connectivity index (χ0n) is 10.7. The van der Waals surface area contributed by atoms with E-state index in [1.54, 1.807) is 0 Å². The number of nitrogens with zero attached hydrogens (tertiary/aromatic N) is 1. The second kappa shape index (κ2) is 6.06. The van der Waals surface area contributed by atoms with Crippen LogP contribution in [0.2, 0.25) is 0 Å². The van der Waals surface area contributed by atoms with Crippen molar-refractivity contribution in [2.24, 2.45) is 5.92 Å². The molecular weight excluding hydrogens is 210 g/mol. The predicted octanol–water partition coefficient (Wildman–Crippen LogP) is 3.20. The zero-order valence-corrected chi connectivity index (χ0v) is 10.7. The molecule has 1 aromatic rings. The van der Waals surface area contributed by atoms with Gasteiger partial charge in [-0.3, -0.25) is 0 Å². The predicted molar refractivity (Wildman–Crippen MR) is 72.2 cm³/mol. The summed E-state index contributed by atoms with van der Waals surface area (Å²) in [5.41, 5.74) is 2.29. The first kappa shape index (κ1) is 12.4. The quantitative estimate of drug-likeness (QED) is 0.866. The molecule has 0 radical (unpaired) electrons. The maximum Gasteiger partial charge on any atom is 0.0702 e. The standard InChI is InChI=1S/C15H23NO/c1-2-13-6-5-10-16(11-9-13)15-8-4-3-7-14(15)12-17/h3-4,7-8,13,17H,2,5-6,9-12H2,1H3. The Labute approximate surface area is 104 Å². The van der Waals surface area contributed by atoms with E-state index in [9.17, 15) is 5.11 Å². The van der Waals surface area contributed by atoms with E-state index in [-0.39, 0.29) is 6.61 Å². The van der Waals surface area contributed by atoms with E-state index in [4.69, 9.17) is 0 Å². The summed E-state index contributed by atoms with van der Waals surface area (Å²) in [6, 6.07) is 8.23. The summed E-state index contributed by atoms with van der Waals surface area (Å²) >= 11 is 0. The second-order valence-corrected chi connectivity index (χ2v) is 4.98. The molecule has 1 heterocycles. The van der Waals surface area contributed by atoms with Gasteiger partial charge in [-0.2, -0.15) is 0 Å². The van der Waals surface area contributed by atoms with Crippen LogP contribution in [0.1, 0.15) is 38.2 Å². The van der Waals surface area contributed by atoms with Crippen LogP contribution in [0.25, 0.3) is 0 Å². The third-order valence-corrected chi connectivity index (χ3v) is 3.93. The highest BCUT2D eigenvalue weighted by atomic mass is 16.3. The van der Waals surface area contributed by atoms with Gasteiger partial charge in [-0.15, -0.1) is 0 Å². The number of hydrogen-bond acceptors (Lipinski definition) is 2. The third kappa shape index (κ3) is 3.01. The van der Waals surface area contributed by atoms with E-state index >= 15 is 0 Å². The van der Waals surface area contributed by atoms with Gasteiger partial charge in [0.2, 0.25) is 0 Å². The summed E-state index contributed by atoms with van der Waals surface area (Å²) in [5.74, 6) is 0.890. The molecule has 2 heteroatoms. The number of hydrogen-bond donors (Lipinski definition) is 1. The lowest BCUT2D eigenvalue weighted by molar-refractivity contribution is 0.282. The summed E-state index contributed by atoms with van der Waals surface area (Å²) < 4.78 is 0. The van der Waals surface area contributed by atoms with E-state index in [0.717, 1.165) is 24.6 Å². The number of aliphatic hydroxyl groups is 1. The van der Waals surface area contributed by atoms with Crippen molar-refractivity contribution in [2.45, 2.75) is 39.2 Å². The van der Waals surface area contributed by atoms with Crippen molar-refractivity contribution in [1.29, 1.82) is 0 Å². The highest BCUT2D eigenvalue weighted by Gasteiger charge is 2.17. The van der Waals surface area contributed by atoms with Gasteiger partial charge in [0.05, 0.1) is 6.61 Å². The van der Waals surface area contributed by atoms with Gasteiger partial charge in [-0.1, -0.05) is 31.5 Å². The lowest BCUT2D eigenvalue weighted by Gasteiger charge is -2.25. The highest BCUT2D eigenvalue weighted by Crippen LogP contribution is 2.26. The smallest absolute Gasteiger partial charge is 0.0702 e. The third-order valence-electron chi connectivity index (χ3n) is 3.93. The Morgan fingerprint density at radius 1 is 1.24 bits per heavy atom. The Kier molecular flexibility index (Phi) is 4.43. The van der Waals surface area contributed by atoms with Gasteiger partial charge >= 0.3 is 0 Å². The molecule has 1 aromatic carbocycles. The van der Waals surface area contributed by atoms with Crippen molar-refractivity contribution < 1.29 is 5.11 Å². The SMILES string of the molecule is CCC1CCCN(c2ccccc2CO)CC1. The molecule has 1 aliphatic heterocycles. The van der Waals surface area contributed by atoms with Crippen LogP contribution in [0.4, 0.5) is 5.69 Å². The van der Waals surface area contributed by atoms with Crippen LogP contribution in [0.15, 0.2) is 24.3 Å². The van der Waals surface area contributed by atoms with E-state index in [2.05, 4.69) is 24.0 Å². The fraction of sp³-hybridized carbons (Fsp3) is 0.600. The minimum atomic E-state index is 0.143. The van der Waals surface area contributed by atoms with Crippen LogP contribution in [0.3, 0.4) is 0 Å². The van der Waals surface area contributed by atoms with Gasteiger partial charge < -0.3 is 10.0 Å². The molecule has 2 nitrogen and oxygen atoms in total. The molecule has 2 rings (SSSR count). The summed E-state index contributed by atoms with van der Waals surface area (Å²) in [7, 11) is 0. The molecule has 0 bridgehead atoms. The monoisotopic (exact) mass is 233 g/mol. The van der Waals surface area contributed by atoms with Crippen molar-refractivity contribution in [3.8, 4) is 0 Å². The number of aliphatic hydroxyl groups excluding tert-OH is 1. The molecule has 94 valence electrons. The van der Waals surface area contributed by atoms with Gasteiger partial charge in [0.15, 0.2) is 0 Å². The maximum atomic E-state index is 9.39. The first-order chi connectivity index (χ1) is 8.35. The van der Waals surface area contributed by atoms with Crippen molar-refractivity contribution >= 4 is 5.69 Å². The van der Waals surface area contributed by atoms with Crippen molar-refractivity contribution in [1.82, 2.24) is 0 Å². The molecule has 0 aliphatic carbocycles. The first-order valence-corrected chi connectivity index (χ1v) is 6.79. The molecule has 1 unspecified atom stereocenters. The molecule has 1 saturated heterocycles. The molecule has 0 aromatic heterocycles. The molecule has 0 amide bonds. The summed E-state index contributed by atoms with van der Waals surface area (Å²) in [6.07, 6.45) is 5.22. The molecular formula is C15H23NO. The number of benzene rings is 1. The highest BCUT2D eigenvalue weighted by molar-refractivity contribution is 5.53. The average molecular weight is 233 g/mol. The lowest BCUT2D eigenvalue weighted by Crippen LogP contribution is -2.25. The maximum absolute atomic E-state index is 9.39. The normalized spacial score (nSPS) is 21.3. The fourth-order valence-electron chi connectivity index (χ4n) is 2.77. The summed E-state index contributed by atoms with van der Waals surface area (Å²) in [4.78, 5) is 2.45. The Balaban J connectivity index is 2.11. The van der Waals surface area contributed by atoms with Crippen LogP contribution in [0, 0.1) is 5.92 Å². The summed E-state index contributed by atoms with van der Waals surface area (Å²) in [6.45, 7) is 4.70. The average Bonchev–Trinajstić information content (AvgIpc) is 2.63. The summed E-state index contributed by atoms with van der Waals surface area (Å²) in [5, 5.41) is 9.39. The molecule has 0 spiro atoms. The van der Waals surface area contributed by atoms with E-state index in [0.29, 0.717) is 0 Å². The molecule has 1 fully saturated rings. The van der Waals surface area contributed by atoms with Crippen LogP contribution in [-0.2, 0) is 6.61 Å². The Morgan fingerprint density at radius 3 is 2.82 bits per heavy atom. The van der Waals surface area contributed by atoms with Crippen LogP contribution < -0.4 is 4.90 Å². The van der Waals surface area contributed by atoms with Gasteiger partial charge in [0, 0.05) is 24.3 Å². The Hall–Kier alpha value is -1.02. The van der Waals surface area contributed by atoms with E-state index in [1.165, 1.54) is 31.4 Å². The fourth-order valence-corrected chi connectivity index (χ4v) is 2.77. The molecule has 1 N–H and O–H groups in total. The second-order valence-electron chi connectivity index (χ2n) is 4.98. The zero-order chi connectivity index (χ0) is 12.1. The van der Waals surface area contributed by atoms with E-state index < -0.39 is 0 Å². The first-order valence-electron chi connectivity index (χ1n) is 6.79. The topological polar surface area (TPSA) is 23.5 Å². The van der Waals surface area contributed by atoms with Crippen LogP contribution in [-0.4, -0.2) is 18.2 Å². The van der Waals surface area contributed by atoms with Gasteiger partial charge in [0.25, 0.3) is 0 Å². The van der Waals surface area contributed by atoms with Gasteiger partial charge in [-0.05, 0) is 31.2 Å². The largest absolute Gasteiger partial charge is 0.392 e. The van der Waals surface area contributed by atoms with Gasteiger partial charge in [0.1, 0.15) is 0 Å².